The molecule has 0 spiro atoms. The van der Waals surface area contributed by atoms with Gasteiger partial charge in [-0.1, -0.05) is 25.1 Å². The molecule has 1 aliphatic carbocycles. The van der Waals surface area contributed by atoms with Crippen molar-refractivity contribution in [2.24, 2.45) is 11.7 Å². The molecule has 1 aliphatic heterocycles. The minimum absolute atomic E-state index is 0.384. The van der Waals surface area contributed by atoms with Gasteiger partial charge in [0.25, 0.3) is 0 Å². The molecule has 15 heavy (non-hydrogen) atoms. The summed E-state index contributed by atoms with van der Waals surface area (Å²) in [4.78, 5) is 2.85. The highest BCUT2D eigenvalue weighted by Gasteiger charge is 2.42. The summed E-state index contributed by atoms with van der Waals surface area (Å²) in [5, 5.41) is 10.5. The summed E-state index contributed by atoms with van der Waals surface area (Å²) in [5.41, 5.74) is 5.17. The van der Waals surface area contributed by atoms with Crippen LogP contribution in [0.3, 0.4) is 0 Å². The van der Waals surface area contributed by atoms with Gasteiger partial charge in [-0.25, -0.2) is 0 Å². The zero-order valence-electron chi connectivity index (χ0n) is 9.11. The monoisotopic (exact) mass is 228 g/mol. The van der Waals surface area contributed by atoms with Gasteiger partial charge in [-0.05, 0) is 19.3 Å². The van der Waals surface area contributed by atoms with Crippen molar-refractivity contribution in [2.75, 3.05) is 19.6 Å². The fourth-order valence-electron chi connectivity index (χ4n) is 3.00. The van der Waals surface area contributed by atoms with Crippen molar-refractivity contribution < 1.29 is 5.11 Å². The number of nitrogens with two attached hydrogens (primary N) is 1. The molecule has 0 aromatic carbocycles. The number of thiocarbonyl (C=S) groups is 1. The largest absolute Gasteiger partial charge is 0.392 e. The van der Waals surface area contributed by atoms with E-state index in [0.717, 1.165) is 32.4 Å². The van der Waals surface area contributed by atoms with E-state index in [-0.39, 0.29) is 5.60 Å². The van der Waals surface area contributed by atoms with Crippen molar-refractivity contribution >= 4 is 17.2 Å². The van der Waals surface area contributed by atoms with Crippen LogP contribution in [0.5, 0.6) is 0 Å². The normalized spacial score (nSPS) is 37.3. The van der Waals surface area contributed by atoms with Gasteiger partial charge in [0.15, 0.2) is 0 Å². The Morgan fingerprint density at radius 2 is 2.27 bits per heavy atom. The number of nitrogens with zero attached hydrogens (tertiary/aromatic N) is 1. The van der Waals surface area contributed by atoms with Crippen LogP contribution in [0.4, 0.5) is 0 Å². The zero-order chi connectivity index (χ0) is 10.9. The molecule has 86 valence electrons. The van der Waals surface area contributed by atoms with Gasteiger partial charge in [0.2, 0.25) is 0 Å². The van der Waals surface area contributed by atoms with Crippen LogP contribution in [0.2, 0.25) is 0 Å². The highest BCUT2D eigenvalue weighted by Crippen LogP contribution is 2.39. The van der Waals surface area contributed by atoms with E-state index in [4.69, 9.17) is 18.0 Å². The Labute approximate surface area is 96.6 Å². The summed E-state index contributed by atoms with van der Waals surface area (Å²) < 4.78 is 0. The molecule has 2 rings (SSSR count). The van der Waals surface area contributed by atoms with E-state index in [2.05, 4.69) is 4.90 Å². The van der Waals surface area contributed by atoms with E-state index in [9.17, 15) is 5.11 Å². The number of fused-ring (bicyclic) bond motifs is 1. The summed E-state index contributed by atoms with van der Waals surface area (Å²) in [5.74, 6) is 0.439. The maximum Gasteiger partial charge on any atom is 0.0870 e. The van der Waals surface area contributed by atoms with Crippen LogP contribution in [-0.2, 0) is 0 Å². The third kappa shape index (κ3) is 2.49. The first kappa shape index (κ1) is 11.3. The fraction of sp³-hybridized carbons (Fsp3) is 0.909. The highest BCUT2D eigenvalue weighted by molar-refractivity contribution is 7.80. The van der Waals surface area contributed by atoms with Crippen molar-refractivity contribution in [3.63, 3.8) is 0 Å². The molecule has 0 bridgehead atoms. The number of rotatable bonds is 2. The average molecular weight is 228 g/mol. The van der Waals surface area contributed by atoms with Crippen LogP contribution in [-0.4, -0.2) is 40.2 Å². The van der Waals surface area contributed by atoms with Gasteiger partial charge >= 0.3 is 0 Å². The molecule has 0 radical (unpaired) electrons. The number of aliphatic hydroxyl groups is 1. The van der Waals surface area contributed by atoms with Crippen LogP contribution < -0.4 is 5.73 Å². The van der Waals surface area contributed by atoms with Gasteiger partial charge < -0.3 is 10.8 Å². The Morgan fingerprint density at radius 1 is 1.47 bits per heavy atom. The Balaban J connectivity index is 1.95. The zero-order valence-corrected chi connectivity index (χ0v) is 9.93. The summed E-state index contributed by atoms with van der Waals surface area (Å²) in [7, 11) is 0. The van der Waals surface area contributed by atoms with Gasteiger partial charge in [-0.3, -0.25) is 4.90 Å². The van der Waals surface area contributed by atoms with Crippen molar-refractivity contribution in [1.29, 1.82) is 0 Å². The smallest absolute Gasteiger partial charge is 0.0870 e. The van der Waals surface area contributed by atoms with E-state index in [1.54, 1.807) is 0 Å². The molecule has 0 aromatic heterocycles. The third-order valence-electron chi connectivity index (χ3n) is 3.89. The van der Waals surface area contributed by atoms with Gasteiger partial charge in [-0.15, -0.1) is 0 Å². The van der Waals surface area contributed by atoms with Crippen LogP contribution in [0.25, 0.3) is 0 Å². The lowest BCUT2D eigenvalue weighted by Gasteiger charge is -2.47. The fourth-order valence-corrected chi connectivity index (χ4v) is 3.19. The van der Waals surface area contributed by atoms with Gasteiger partial charge in [0, 0.05) is 25.6 Å². The number of hydrogen-bond acceptors (Lipinski definition) is 3. The van der Waals surface area contributed by atoms with Crippen LogP contribution >= 0.6 is 12.2 Å². The summed E-state index contributed by atoms with van der Waals surface area (Å²) in [6.07, 6.45) is 5.47. The minimum atomic E-state index is -0.384. The average Bonchev–Trinajstić information content (AvgIpc) is 2.17. The van der Waals surface area contributed by atoms with E-state index in [1.165, 1.54) is 12.8 Å². The van der Waals surface area contributed by atoms with Gasteiger partial charge in [0.05, 0.1) is 10.6 Å². The summed E-state index contributed by atoms with van der Waals surface area (Å²) in [6, 6.07) is 0. The lowest BCUT2D eigenvalue weighted by Crippen LogP contribution is -2.54. The maximum atomic E-state index is 10.5. The second kappa shape index (κ2) is 4.36. The van der Waals surface area contributed by atoms with Crippen LogP contribution in [0, 0.1) is 5.92 Å². The number of piperidine rings is 1. The SMILES string of the molecule is NC(=S)CN1CCC2(O)CCCCC2C1. The summed E-state index contributed by atoms with van der Waals surface area (Å²) >= 11 is 4.92. The first-order valence-corrected chi connectivity index (χ1v) is 6.24. The molecule has 3 nitrogen and oxygen atoms in total. The van der Waals surface area contributed by atoms with Crippen molar-refractivity contribution in [3.05, 3.63) is 0 Å². The number of hydrogen-bond donors (Lipinski definition) is 2. The lowest BCUT2D eigenvalue weighted by molar-refractivity contribution is -0.0927. The molecular weight excluding hydrogens is 208 g/mol. The molecule has 0 amide bonds. The van der Waals surface area contributed by atoms with Crippen molar-refractivity contribution in [3.8, 4) is 0 Å². The van der Waals surface area contributed by atoms with E-state index < -0.39 is 0 Å². The Kier molecular flexibility index (Phi) is 3.28. The Morgan fingerprint density at radius 3 is 3.00 bits per heavy atom. The third-order valence-corrected chi connectivity index (χ3v) is 4.02. The van der Waals surface area contributed by atoms with Crippen molar-refractivity contribution in [2.45, 2.75) is 37.7 Å². The maximum absolute atomic E-state index is 10.5. The first-order chi connectivity index (χ1) is 7.10. The van der Waals surface area contributed by atoms with E-state index >= 15 is 0 Å². The molecule has 3 N–H and O–H groups in total. The second-order valence-corrected chi connectivity index (χ2v) is 5.52. The molecule has 1 heterocycles. The van der Waals surface area contributed by atoms with Crippen molar-refractivity contribution in [1.82, 2.24) is 4.90 Å². The Bertz CT molecular complexity index is 259. The molecule has 4 heteroatoms. The quantitative estimate of drug-likeness (QED) is 0.690. The predicted octanol–water partition coefficient (Wildman–Crippen LogP) is 0.899. The molecule has 1 saturated heterocycles. The standard InChI is InChI=1S/C11H20N2OS/c12-10(15)8-13-6-5-11(14)4-2-1-3-9(11)7-13/h9,14H,1-8H2,(H2,12,15). The molecule has 1 saturated carbocycles. The van der Waals surface area contributed by atoms with E-state index in [1.807, 2.05) is 0 Å². The topological polar surface area (TPSA) is 49.5 Å². The second-order valence-electron chi connectivity index (χ2n) is 5.00. The molecule has 2 unspecified atom stereocenters. The highest BCUT2D eigenvalue weighted by atomic mass is 32.1. The molecule has 2 atom stereocenters. The molecule has 0 aromatic rings. The van der Waals surface area contributed by atoms with Crippen LogP contribution in [0.1, 0.15) is 32.1 Å². The first-order valence-electron chi connectivity index (χ1n) is 5.83. The van der Waals surface area contributed by atoms with E-state index in [0.29, 0.717) is 17.5 Å². The molecular formula is C11H20N2OS. The minimum Gasteiger partial charge on any atom is -0.392 e. The lowest BCUT2D eigenvalue weighted by atomic mass is 9.71. The Hall–Kier alpha value is -0.190. The van der Waals surface area contributed by atoms with Gasteiger partial charge in [-0.2, -0.15) is 0 Å². The molecule has 2 fully saturated rings. The number of likely N-dealkylation sites (tertiary alicyclic amines) is 1. The summed E-state index contributed by atoms with van der Waals surface area (Å²) in [6.45, 7) is 2.61. The van der Waals surface area contributed by atoms with Gasteiger partial charge in [0.1, 0.15) is 0 Å². The molecule has 2 aliphatic rings. The predicted molar refractivity (Wildman–Crippen MR) is 64.8 cm³/mol. The van der Waals surface area contributed by atoms with Crippen LogP contribution in [0.15, 0.2) is 0 Å².